The van der Waals surface area contributed by atoms with Gasteiger partial charge in [-0.05, 0) is 86.5 Å². The number of nitrogens with zero attached hydrogens (tertiary/aromatic N) is 2. The lowest BCUT2D eigenvalue weighted by atomic mass is 9.86. The fraction of sp³-hybridized carbons (Fsp3) is 0.552. The number of rotatable bonds is 7. The Labute approximate surface area is 229 Å². The predicted molar refractivity (Wildman–Crippen MR) is 135 cm³/mol. The molecule has 5 atom stereocenters. The second-order valence-electron chi connectivity index (χ2n) is 11.0. The quantitative estimate of drug-likeness (QED) is 0.332. The lowest BCUT2D eigenvalue weighted by Crippen LogP contribution is -2.45. The maximum Gasteiger partial charge on any atom is 0.416 e. The van der Waals surface area contributed by atoms with Crippen LogP contribution in [0.2, 0.25) is 0 Å². The van der Waals surface area contributed by atoms with Crippen molar-refractivity contribution in [1.29, 1.82) is 0 Å². The number of amides is 1. The van der Waals surface area contributed by atoms with Gasteiger partial charge in [0.1, 0.15) is 5.82 Å². The molecule has 2 aromatic rings. The third-order valence-corrected chi connectivity index (χ3v) is 8.00. The summed E-state index contributed by atoms with van der Waals surface area (Å²) in [6.45, 7) is 2.75. The van der Waals surface area contributed by atoms with E-state index < -0.39 is 41.5 Å². The van der Waals surface area contributed by atoms with Crippen LogP contribution in [0.1, 0.15) is 66.9 Å². The average molecular weight is 575 g/mol. The van der Waals surface area contributed by atoms with E-state index in [2.05, 4.69) is 4.90 Å². The topological polar surface area (TPSA) is 32.8 Å². The van der Waals surface area contributed by atoms with Crippen LogP contribution in [-0.2, 0) is 21.9 Å². The van der Waals surface area contributed by atoms with Gasteiger partial charge in [-0.25, -0.2) is 4.39 Å². The Kier molecular flexibility index (Phi) is 8.85. The van der Waals surface area contributed by atoms with E-state index in [1.807, 2.05) is 0 Å². The molecule has 1 aliphatic carbocycles. The van der Waals surface area contributed by atoms with Crippen molar-refractivity contribution in [2.75, 3.05) is 27.2 Å². The molecule has 0 bridgehead atoms. The van der Waals surface area contributed by atoms with E-state index in [0.29, 0.717) is 31.5 Å². The molecule has 1 heterocycles. The van der Waals surface area contributed by atoms with E-state index in [9.17, 15) is 35.5 Å². The molecule has 220 valence electrons. The smallest absolute Gasteiger partial charge is 0.370 e. The van der Waals surface area contributed by atoms with Crippen LogP contribution in [0.4, 0.5) is 30.7 Å². The van der Waals surface area contributed by atoms with Gasteiger partial charge in [0.05, 0.1) is 29.4 Å². The molecule has 1 aliphatic heterocycles. The first-order chi connectivity index (χ1) is 18.6. The van der Waals surface area contributed by atoms with Gasteiger partial charge >= 0.3 is 12.4 Å². The number of likely N-dealkylation sites (tertiary alicyclic amines) is 1. The molecule has 1 saturated heterocycles. The summed E-state index contributed by atoms with van der Waals surface area (Å²) in [7, 11) is 3.41. The van der Waals surface area contributed by atoms with Crippen LogP contribution in [-0.4, -0.2) is 55.0 Å². The second kappa shape index (κ2) is 11.7. The number of ether oxygens (including phenoxy) is 1. The van der Waals surface area contributed by atoms with E-state index in [1.165, 1.54) is 19.1 Å². The number of benzene rings is 2. The number of hydrogen-bond donors (Lipinski definition) is 0. The first kappa shape index (κ1) is 30.3. The van der Waals surface area contributed by atoms with Crippen molar-refractivity contribution < 1.29 is 40.3 Å². The maximum absolute atomic E-state index is 13.7. The van der Waals surface area contributed by atoms with E-state index in [4.69, 9.17) is 4.74 Å². The number of likely N-dealkylation sites (N-methyl/N-ethyl adjacent to an activating group) is 1. The molecule has 1 saturated carbocycles. The van der Waals surface area contributed by atoms with Gasteiger partial charge in [0, 0.05) is 26.6 Å². The van der Waals surface area contributed by atoms with Crippen molar-refractivity contribution >= 4 is 5.91 Å². The SMILES string of the molecule is C[C@@H](OC1CCC(CN2CCC[C@H]2C(=O)N(C)C)C1c1ccc(F)cc1)c1cc(C(F)(F)F)cc(C(F)(F)F)c1. The fourth-order valence-corrected chi connectivity index (χ4v) is 6.05. The third-order valence-electron chi connectivity index (χ3n) is 8.00. The Morgan fingerprint density at radius 1 is 0.975 bits per heavy atom. The van der Waals surface area contributed by atoms with Crippen molar-refractivity contribution in [1.82, 2.24) is 9.80 Å². The highest BCUT2D eigenvalue weighted by Gasteiger charge is 2.43. The van der Waals surface area contributed by atoms with Crippen molar-refractivity contribution in [2.24, 2.45) is 5.92 Å². The van der Waals surface area contributed by atoms with Gasteiger partial charge in [-0.3, -0.25) is 9.69 Å². The Morgan fingerprint density at radius 3 is 2.12 bits per heavy atom. The number of carbonyl (C=O) groups excluding carboxylic acids is 1. The van der Waals surface area contributed by atoms with Gasteiger partial charge in [0.25, 0.3) is 0 Å². The first-order valence-electron chi connectivity index (χ1n) is 13.3. The van der Waals surface area contributed by atoms with Crippen molar-refractivity contribution in [3.63, 3.8) is 0 Å². The van der Waals surface area contributed by atoms with Crippen LogP contribution >= 0.6 is 0 Å². The van der Waals surface area contributed by atoms with Gasteiger partial charge in [-0.1, -0.05) is 12.1 Å². The minimum absolute atomic E-state index is 0.00882. The number of alkyl halides is 6. The molecule has 4 nitrogen and oxygen atoms in total. The fourth-order valence-electron chi connectivity index (χ4n) is 6.05. The van der Waals surface area contributed by atoms with E-state index in [0.717, 1.165) is 24.9 Å². The monoisotopic (exact) mass is 574 g/mol. The summed E-state index contributed by atoms with van der Waals surface area (Å²) in [6.07, 6.45) is -8.71. The van der Waals surface area contributed by atoms with Crippen LogP contribution in [0.15, 0.2) is 42.5 Å². The molecule has 0 aromatic heterocycles. The Morgan fingerprint density at radius 2 is 1.57 bits per heavy atom. The highest BCUT2D eigenvalue weighted by molar-refractivity contribution is 5.81. The molecule has 2 aromatic carbocycles. The molecular formula is C29H33F7N2O2. The highest BCUT2D eigenvalue weighted by atomic mass is 19.4. The van der Waals surface area contributed by atoms with Crippen molar-refractivity contribution in [3.8, 4) is 0 Å². The average Bonchev–Trinajstić information content (AvgIpc) is 3.50. The van der Waals surface area contributed by atoms with Gasteiger partial charge in [0.15, 0.2) is 0 Å². The normalized spacial score (nSPS) is 24.9. The van der Waals surface area contributed by atoms with Crippen LogP contribution in [0, 0.1) is 11.7 Å². The lowest BCUT2D eigenvalue weighted by Gasteiger charge is -2.33. The largest absolute Gasteiger partial charge is 0.416 e. The molecule has 0 radical (unpaired) electrons. The molecule has 1 amide bonds. The van der Waals surface area contributed by atoms with Gasteiger partial charge in [0.2, 0.25) is 5.91 Å². The Hall–Kier alpha value is -2.66. The number of hydrogen-bond acceptors (Lipinski definition) is 3. The van der Waals surface area contributed by atoms with Gasteiger partial charge in [-0.15, -0.1) is 0 Å². The third kappa shape index (κ3) is 6.79. The Bertz CT molecular complexity index is 1150. The molecular weight excluding hydrogens is 541 g/mol. The summed E-state index contributed by atoms with van der Waals surface area (Å²) in [6, 6.07) is 7.15. The summed E-state index contributed by atoms with van der Waals surface area (Å²) in [5, 5.41) is 0. The summed E-state index contributed by atoms with van der Waals surface area (Å²) in [5.74, 6) is -0.707. The minimum Gasteiger partial charge on any atom is -0.370 e. The van der Waals surface area contributed by atoms with Crippen molar-refractivity contribution in [3.05, 3.63) is 70.5 Å². The van der Waals surface area contributed by atoms with Crippen LogP contribution < -0.4 is 0 Å². The van der Waals surface area contributed by atoms with Gasteiger partial charge in [-0.2, -0.15) is 26.3 Å². The zero-order valence-electron chi connectivity index (χ0n) is 22.5. The van der Waals surface area contributed by atoms with E-state index in [1.54, 1.807) is 31.1 Å². The maximum atomic E-state index is 13.7. The molecule has 3 unspecified atom stereocenters. The first-order valence-corrected chi connectivity index (χ1v) is 13.3. The molecule has 4 rings (SSSR count). The summed E-state index contributed by atoms with van der Waals surface area (Å²) in [5.41, 5.74) is -2.23. The van der Waals surface area contributed by atoms with Crippen LogP contribution in [0.25, 0.3) is 0 Å². The summed E-state index contributed by atoms with van der Waals surface area (Å²) in [4.78, 5) is 16.4. The molecule has 0 N–H and O–H groups in total. The zero-order chi connectivity index (χ0) is 29.4. The molecule has 2 aliphatic rings. The van der Waals surface area contributed by atoms with Crippen molar-refractivity contribution in [2.45, 2.75) is 69.1 Å². The van der Waals surface area contributed by atoms with Gasteiger partial charge < -0.3 is 9.64 Å². The Balaban J connectivity index is 1.61. The second-order valence-corrected chi connectivity index (χ2v) is 11.0. The summed E-state index contributed by atoms with van der Waals surface area (Å²) < 4.78 is 101. The lowest BCUT2D eigenvalue weighted by molar-refractivity contribution is -0.143. The zero-order valence-corrected chi connectivity index (χ0v) is 22.5. The van der Waals surface area contributed by atoms with E-state index in [-0.39, 0.29) is 35.4 Å². The molecule has 2 fully saturated rings. The summed E-state index contributed by atoms with van der Waals surface area (Å²) >= 11 is 0. The van der Waals surface area contributed by atoms with E-state index >= 15 is 0 Å². The van der Waals surface area contributed by atoms with Crippen LogP contribution in [0.5, 0.6) is 0 Å². The minimum atomic E-state index is -4.96. The highest BCUT2D eigenvalue weighted by Crippen LogP contribution is 2.45. The molecule has 0 spiro atoms. The standard InChI is InChI=1S/C29H33F7N2O2/c1-17(20-13-21(28(31,32)33)15-22(14-20)29(34,35)36)40-25-11-8-19(26(25)18-6-9-23(30)10-7-18)16-38-12-4-5-24(38)27(39)37(2)3/h6-7,9-10,13-15,17,19,24-26H,4-5,8,11-12,16H2,1-3H3/t17-,19?,24+,25?,26?/m1/s1. The molecule has 11 heteroatoms. The number of carbonyl (C=O) groups is 1. The molecule has 40 heavy (non-hydrogen) atoms. The van der Waals surface area contributed by atoms with Crippen LogP contribution in [0.3, 0.4) is 0 Å². The number of halogens is 7. The predicted octanol–water partition coefficient (Wildman–Crippen LogP) is 7.06.